The number of rotatable bonds is 9. The summed E-state index contributed by atoms with van der Waals surface area (Å²) < 4.78 is 20.6. The van der Waals surface area contributed by atoms with Crippen LogP contribution in [0.25, 0.3) is 22.0 Å². The zero-order valence-corrected chi connectivity index (χ0v) is 19.7. The Morgan fingerprint density at radius 1 is 1.15 bits per heavy atom. The first-order valence-corrected chi connectivity index (χ1v) is 11.9. The van der Waals surface area contributed by atoms with E-state index in [0.29, 0.717) is 41.2 Å². The summed E-state index contributed by atoms with van der Waals surface area (Å²) in [5, 5.41) is 13.7. The Morgan fingerprint density at radius 2 is 1.97 bits per heavy atom. The minimum Gasteiger partial charge on any atom is -0.496 e. The summed E-state index contributed by atoms with van der Waals surface area (Å²) in [5.74, 6) is 0.000117. The predicted octanol–water partition coefficient (Wildman–Crippen LogP) is 5.45. The number of carboxylic acid groups (broad SMARTS) is 1. The summed E-state index contributed by atoms with van der Waals surface area (Å²) in [4.78, 5) is 20.6. The van der Waals surface area contributed by atoms with Crippen LogP contribution in [0.2, 0.25) is 0 Å². The minimum absolute atomic E-state index is 0.0260. The molecule has 0 atom stereocenters. The zero-order valence-electron chi connectivity index (χ0n) is 18.8. The van der Waals surface area contributed by atoms with Crippen molar-refractivity contribution >= 4 is 34.3 Å². The molecule has 0 saturated heterocycles. The number of halogens is 1. The summed E-state index contributed by atoms with van der Waals surface area (Å²) in [6.45, 7) is 0.454. The van der Waals surface area contributed by atoms with Crippen LogP contribution in [-0.2, 0) is 17.6 Å². The topological polar surface area (TPSA) is 84.3 Å². The lowest BCUT2D eigenvalue weighted by Gasteiger charge is -2.13. The van der Waals surface area contributed by atoms with Gasteiger partial charge in [0.05, 0.1) is 19.2 Å². The van der Waals surface area contributed by atoms with Crippen molar-refractivity contribution in [3.63, 3.8) is 0 Å². The summed E-state index contributed by atoms with van der Waals surface area (Å²) in [6.07, 6.45) is 3.78. The number of thioether (sulfide) groups is 1. The van der Waals surface area contributed by atoms with Crippen molar-refractivity contribution in [2.75, 3.05) is 25.2 Å². The number of methoxy groups -OCH3 is 1. The molecule has 6 nitrogen and oxygen atoms in total. The maximum atomic E-state index is 15.1. The molecule has 0 radical (unpaired) electrons. The Balaban J connectivity index is 1.51. The van der Waals surface area contributed by atoms with E-state index in [2.05, 4.69) is 15.3 Å². The monoisotopic (exact) mass is 477 g/mol. The van der Waals surface area contributed by atoms with Gasteiger partial charge in [-0.3, -0.25) is 4.79 Å². The van der Waals surface area contributed by atoms with Gasteiger partial charge in [0, 0.05) is 34.0 Å². The Hall–Kier alpha value is -3.65. The Bertz CT molecular complexity index is 1350. The fourth-order valence-corrected chi connectivity index (χ4v) is 4.52. The first-order valence-electron chi connectivity index (χ1n) is 10.7. The smallest absolute Gasteiger partial charge is 0.307 e. The van der Waals surface area contributed by atoms with E-state index in [0.717, 1.165) is 21.4 Å². The standard InChI is InChI=1S/C26H24FN3O3S/c1-33-22-11-16-5-3-4-6-19(16)26(27)20(22)9-10-28-24-14-21(29-15-30-24)17-7-8-18(13-25(31)32)23(12-17)34-2/h3-8,11-12,14-15H,9-10,13H2,1-2H3,(H,31,32)(H,28,29,30). The van der Waals surface area contributed by atoms with Crippen LogP contribution in [0.4, 0.5) is 10.2 Å². The van der Waals surface area contributed by atoms with Crippen molar-refractivity contribution in [1.82, 2.24) is 9.97 Å². The Kier molecular flexibility index (Phi) is 7.27. The quantitative estimate of drug-likeness (QED) is 0.310. The summed E-state index contributed by atoms with van der Waals surface area (Å²) in [7, 11) is 1.54. The van der Waals surface area contributed by atoms with Gasteiger partial charge in [-0.2, -0.15) is 0 Å². The molecule has 0 spiro atoms. The number of ether oxygens (including phenoxy) is 1. The molecule has 0 saturated carbocycles. The van der Waals surface area contributed by atoms with Crippen molar-refractivity contribution < 1.29 is 19.0 Å². The fraction of sp³-hybridized carbons (Fsp3) is 0.192. The molecule has 3 aromatic carbocycles. The molecule has 34 heavy (non-hydrogen) atoms. The van der Waals surface area contributed by atoms with E-state index in [1.54, 1.807) is 13.2 Å². The van der Waals surface area contributed by atoms with Gasteiger partial charge in [-0.25, -0.2) is 14.4 Å². The van der Waals surface area contributed by atoms with E-state index in [-0.39, 0.29) is 12.2 Å². The highest BCUT2D eigenvalue weighted by Crippen LogP contribution is 2.31. The number of aromatic nitrogens is 2. The van der Waals surface area contributed by atoms with Crippen molar-refractivity contribution in [2.24, 2.45) is 0 Å². The first kappa shape index (κ1) is 23.5. The van der Waals surface area contributed by atoms with Gasteiger partial charge in [0.1, 0.15) is 23.7 Å². The number of carboxylic acids is 1. The Labute approximate surface area is 201 Å². The maximum Gasteiger partial charge on any atom is 0.307 e. The van der Waals surface area contributed by atoms with Crippen LogP contribution in [0.5, 0.6) is 5.75 Å². The molecular weight excluding hydrogens is 453 g/mol. The second-order valence-corrected chi connectivity index (χ2v) is 8.50. The molecular formula is C26H24FN3O3S. The van der Waals surface area contributed by atoms with Crippen LogP contribution >= 0.6 is 11.8 Å². The van der Waals surface area contributed by atoms with Crippen molar-refractivity contribution in [2.45, 2.75) is 17.7 Å². The number of carbonyl (C=O) groups is 1. The van der Waals surface area contributed by atoms with Gasteiger partial charge >= 0.3 is 5.97 Å². The van der Waals surface area contributed by atoms with Crippen LogP contribution in [0.1, 0.15) is 11.1 Å². The predicted molar refractivity (Wildman–Crippen MR) is 133 cm³/mol. The number of benzene rings is 3. The number of hydrogen-bond acceptors (Lipinski definition) is 6. The molecule has 1 aromatic heterocycles. The summed E-state index contributed by atoms with van der Waals surface area (Å²) in [6, 6.07) is 16.6. The van der Waals surface area contributed by atoms with E-state index in [4.69, 9.17) is 9.84 Å². The van der Waals surface area contributed by atoms with E-state index in [1.165, 1.54) is 18.1 Å². The summed E-state index contributed by atoms with van der Waals surface area (Å²) >= 11 is 1.50. The van der Waals surface area contributed by atoms with E-state index in [1.807, 2.05) is 54.8 Å². The number of hydrogen-bond donors (Lipinski definition) is 2. The maximum absolute atomic E-state index is 15.1. The molecule has 2 N–H and O–H groups in total. The van der Waals surface area contributed by atoms with Crippen LogP contribution in [-0.4, -0.2) is 41.0 Å². The second kappa shape index (κ2) is 10.5. The molecule has 4 aromatic rings. The lowest BCUT2D eigenvalue weighted by molar-refractivity contribution is -0.136. The largest absolute Gasteiger partial charge is 0.496 e. The van der Waals surface area contributed by atoms with E-state index >= 15 is 4.39 Å². The molecule has 0 fully saturated rings. The van der Waals surface area contributed by atoms with Crippen LogP contribution in [0.3, 0.4) is 0 Å². The van der Waals surface area contributed by atoms with Crippen molar-refractivity contribution in [3.8, 4) is 17.0 Å². The molecule has 0 aliphatic rings. The lowest BCUT2D eigenvalue weighted by atomic mass is 10.0. The lowest BCUT2D eigenvalue weighted by Crippen LogP contribution is -2.09. The molecule has 174 valence electrons. The number of nitrogens with zero attached hydrogens (tertiary/aromatic N) is 2. The van der Waals surface area contributed by atoms with Gasteiger partial charge in [-0.1, -0.05) is 36.4 Å². The van der Waals surface area contributed by atoms with Crippen LogP contribution < -0.4 is 10.1 Å². The summed E-state index contributed by atoms with van der Waals surface area (Å²) in [5.41, 5.74) is 2.86. The Morgan fingerprint density at radius 3 is 2.74 bits per heavy atom. The van der Waals surface area contributed by atoms with Crippen LogP contribution in [0, 0.1) is 5.82 Å². The van der Waals surface area contributed by atoms with Gasteiger partial charge in [-0.05, 0) is 35.8 Å². The van der Waals surface area contributed by atoms with Crippen LogP contribution in [0.15, 0.2) is 65.8 Å². The number of nitrogens with one attached hydrogen (secondary N) is 1. The second-order valence-electron chi connectivity index (χ2n) is 7.65. The van der Waals surface area contributed by atoms with Gasteiger partial charge in [0.15, 0.2) is 0 Å². The minimum atomic E-state index is -0.865. The third-order valence-corrected chi connectivity index (χ3v) is 6.36. The normalized spacial score (nSPS) is 10.9. The molecule has 0 amide bonds. The van der Waals surface area contributed by atoms with Gasteiger partial charge in [-0.15, -0.1) is 11.8 Å². The molecule has 0 aliphatic heterocycles. The average Bonchev–Trinajstić information content (AvgIpc) is 2.85. The van der Waals surface area contributed by atoms with Crippen molar-refractivity contribution in [1.29, 1.82) is 0 Å². The average molecular weight is 478 g/mol. The highest BCUT2D eigenvalue weighted by Gasteiger charge is 2.14. The first-order chi connectivity index (χ1) is 16.5. The van der Waals surface area contributed by atoms with E-state index < -0.39 is 5.97 Å². The number of anilines is 1. The van der Waals surface area contributed by atoms with E-state index in [9.17, 15) is 4.79 Å². The molecule has 0 bridgehead atoms. The third kappa shape index (κ3) is 5.12. The molecule has 4 rings (SSSR count). The molecule has 0 unspecified atom stereocenters. The third-order valence-electron chi connectivity index (χ3n) is 5.54. The SMILES string of the molecule is COc1cc2ccccc2c(F)c1CCNc1cc(-c2ccc(CC(=O)O)c(SC)c2)ncn1. The zero-order chi connectivity index (χ0) is 24.1. The van der Waals surface area contributed by atoms with Crippen molar-refractivity contribution in [3.05, 3.63) is 77.9 Å². The number of aliphatic carboxylic acids is 1. The fourth-order valence-electron chi connectivity index (χ4n) is 3.88. The number of fused-ring (bicyclic) bond motifs is 1. The highest BCUT2D eigenvalue weighted by molar-refractivity contribution is 7.98. The van der Waals surface area contributed by atoms with Gasteiger partial charge in [0.25, 0.3) is 0 Å². The molecule has 8 heteroatoms. The molecule has 1 heterocycles. The van der Waals surface area contributed by atoms with Gasteiger partial charge in [0.2, 0.25) is 0 Å². The highest BCUT2D eigenvalue weighted by atomic mass is 32.2. The molecule has 0 aliphatic carbocycles. The van der Waals surface area contributed by atoms with Gasteiger partial charge < -0.3 is 15.2 Å².